The molecule has 2 heterocycles. The molecule has 132 valence electrons. The number of rotatable bonds is 5. The Kier molecular flexibility index (Phi) is 5.66. The molecule has 0 aliphatic carbocycles. The summed E-state index contributed by atoms with van der Waals surface area (Å²) in [7, 11) is 0. The predicted octanol–water partition coefficient (Wildman–Crippen LogP) is 2.74. The van der Waals surface area contributed by atoms with Gasteiger partial charge in [-0.15, -0.1) is 0 Å². The van der Waals surface area contributed by atoms with E-state index in [9.17, 15) is 9.90 Å². The van der Waals surface area contributed by atoms with Gasteiger partial charge in [0.2, 0.25) is 0 Å². The number of pyridine rings is 1. The fourth-order valence-corrected chi connectivity index (χ4v) is 3.39. The van der Waals surface area contributed by atoms with Crippen molar-refractivity contribution < 1.29 is 9.90 Å². The zero-order valence-electron chi connectivity index (χ0n) is 14.6. The molecular weight excluding hydrogens is 314 g/mol. The van der Waals surface area contributed by atoms with Gasteiger partial charge in [0.25, 0.3) is 5.91 Å². The molecule has 1 atom stereocenters. The number of nitrogens with one attached hydrogen (secondary N) is 1. The summed E-state index contributed by atoms with van der Waals surface area (Å²) in [6, 6.07) is 9.28. The molecule has 1 aromatic carbocycles. The molecule has 0 spiro atoms. The minimum absolute atomic E-state index is 0.0543. The number of likely N-dealkylation sites (tertiary alicyclic amines) is 1. The minimum atomic E-state index is -0.0543. The van der Waals surface area contributed by atoms with Crippen LogP contribution >= 0.6 is 0 Å². The first-order valence-corrected chi connectivity index (χ1v) is 8.80. The highest BCUT2D eigenvalue weighted by molar-refractivity contribution is 5.93. The number of hydrogen-bond acceptors (Lipinski definition) is 4. The summed E-state index contributed by atoms with van der Waals surface area (Å²) in [4.78, 5) is 18.7. The first-order chi connectivity index (χ1) is 12.1. The molecule has 2 aromatic rings. The Morgan fingerprint density at radius 2 is 2.24 bits per heavy atom. The first-order valence-electron chi connectivity index (χ1n) is 8.80. The zero-order chi connectivity index (χ0) is 17.6. The van der Waals surface area contributed by atoms with Crippen molar-refractivity contribution in [2.45, 2.75) is 26.3 Å². The van der Waals surface area contributed by atoms with Crippen molar-refractivity contribution in [1.82, 2.24) is 15.2 Å². The Morgan fingerprint density at radius 1 is 1.36 bits per heavy atom. The third-order valence-electron chi connectivity index (χ3n) is 4.61. The molecule has 5 heteroatoms. The molecule has 5 nitrogen and oxygen atoms in total. The van der Waals surface area contributed by atoms with Crippen molar-refractivity contribution >= 4 is 5.91 Å². The number of nitrogens with zero attached hydrogens (tertiary/aromatic N) is 2. The van der Waals surface area contributed by atoms with E-state index in [-0.39, 0.29) is 5.91 Å². The van der Waals surface area contributed by atoms with Gasteiger partial charge in [-0.3, -0.25) is 14.7 Å². The van der Waals surface area contributed by atoms with Gasteiger partial charge in [0.05, 0.1) is 5.56 Å². The zero-order valence-corrected chi connectivity index (χ0v) is 14.6. The van der Waals surface area contributed by atoms with Crippen LogP contribution in [0.3, 0.4) is 0 Å². The summed E-state index contributed by atoms with van der Waals surface area (Å²) in [5, 5.41) is 12.6. The molecule has 1 saturated heterocycles. The highest BCUT2D eigenvalue weighted by Gasteiger charge is 2.21. The van der Waals surface area contributed by atoms with Crippen LogP contribution < -0.4 is 5.32 Å². The molecule has 0 radical (unpaired) electrons. The molecular formula is C20H25N3O2. The molecule has 3 rings (SSSR count). The lowest BCUT2D eigenvalue weighted by Gasteiger charge is -2.32. The van der Waals surface area contributed by atoms with Crippen molar-refractivity contribution in [2.24, 2.45) is 5.92 Å². The number of phenols is 1. The van der Waals surface area contributed by atoms with Crippen LogP contribution in [0.15, 0.2) is 42.7 Å². The lowest BCUT2D eigenvalue weighted by molar-refractivity contribution is 0.0930. The number of phenolic OH excluding ortho intramolecular Hbond substituents is 1. The normalized spacial score (nSPS) is 18.0. The number of carbonyl (C=O) groups is 1. The summed E-state index contributed by atoms with van der Waals surface area (Å²) >= 11 is 0. The number of carbonyl (C=O) groups excluding carboxylic acids is 1. The number of benzene rings is 1. The molecule has 0 saturated carbocycles. The summed E-state index contributed by atoms with van der Waals surface area (Å²) in [5.41, 5.74) is 2.73. The van der Waals surface area contributed by atoms with E-state index in [0.29, 0.717) is 23.8 Å². The number of aryl methyl sites for hydroxylation is 1. The van der Waals surface area contributed by atoms with Gasteiger partial charge in [-0.05, 0) is 61.6 Å². The molecule has 1 fully saturated rings. The number of aromatic hydroxyl groups is 1. The van der Waals surface area contributed by atoms with E-state index in [0.717, 1.165) is 43.6 Å². The maximum Gasteiger partial charge on any atom is 0.252 e. The average molecular weight is 339 g/mol. The minimum Gasteiger partial charge on any atom is -0.508 e. The second-order valence-electron chi connectivity index (χ2n) is 6.87. The molecule has 1 aromatic heterocycles. The molecule has 1 unspecified atom stereocenters. The van der Waals surface area contributed by atoms with Crippen LogP contribution in [0.25, 0.3) is 0 Å². The highest BCUT2D eigenvalue weighted by atomic mass is 16.3. The smallest absolute Gasteiger partial charge is 0.252 e. The van der Waals surface area contributed by atoms with E-state index in [1.165, 1.54) is 0 Å². The van der Waals surface area contributed by atoms with Gasteiger partial charge in [-0.2, -0.15) is 0 Å². The third-order valence-corrected chi connectivity index (χ3v) is 4.61. The molecule has 2 N–H and O–H groups in total. The maximum atomic E-state index is 12.3. The van der Waals surface area contributed by atoms with Gasteiger partial charge < -0.3 is 10.4 Å². The van der Waals surface area contributed by atoms with Crippen LogP contribution in [0.5, 0.6) is 5.75 Å². The van der Waals surface area contributed by atoms with Gasteiger partial charge in [0.15, 0.2) is 0 Å². The summed E-state index contributed by atoms with van der Waals surface area (Å²) in [5.74, 6) is 0.708. The van der Waals surface area contributed by atoms with Crippen LogP contribution in [0.1, 0.15) is 34.3 Å². The van der Waals surface area contributed by atoms with Crippen LogP contribution in [0.2, 0.25) is 0 Å². The second-order valence-corrected chi connectivity index (χ2v) is 6.87. The van der Waals surface area contributed by atoms with Gasteiger partial charge in [-0.25, -0.2) is 0 Å². The average Bonchev–Trinajstić information content (AvgIpc) is 2.60. The fraction of sp³-hybridized carbons (Fsp3) is 0.400. The SMILES string of the molecule is Cc1cncc(C(=O)NCC2CCCN(Cc3cccc(O)c3)C2)c1. The number of piperidine rings is 1. The van der Waals surface area contributed by atoms with Crippen LogP contribution in [-0.4, -0.2) is 40.5 Å². The largest absolute Gasteiger partial charge is 0.508 e. The fourth-order valence-electron chi connectivity index (χ4n) is 3.39. The molecule has 1 amide bonds. The predicted molar refractivity (Wildman–Crippen MR) is 97.4 cm³/mol. The first kappa shape index (κ1) is 17.4. The molecule has 25 heavy (non-hydrogen) atoms. The Bertz CT molecular complexity index is 732. The van der Waals surface area contributed by atoms with E-state index in [4.69, 9.17) is 0 Å². The lowest BCUT2D eigenvalue weighted by atomic mass is 9.97. The van der Waals surface area contributed by atoms with Crippen LogP contribution in [0.4, 0.5) is 0 Å². The summed E-state index contributed by atoms with van der Waals surface area (Å²) in [6.07, 6.45) is 5.61. The van der Waals surface area contributed by atoms with Crippen molar-refractivity contribution in [3.05, 3.63) is 59.4 Å². The van der Waals surface area contributed by atoms with Crippen LogP contribution in [-0.2, 0) is 6.54 Å². The Labute approximate surface area is 148 Å². The van der Waals surface area contributed by atoms with E-state index < -0.39 is 0 Å². The molecule has 0 bridgehead atoms. The maximum absolute atomic E-state index is 12.3. The Hall–Kier alpha value is -2.40. The highest BCUT2D eigenvalue weighted by Crippen LogP contribution is 2.20. The summed E-state index contributed by atoms with van der Waals surface area (Å²) < 4.78 is 0. The van der Waals surface area contributed by atoms with Crippen molar-refractivity contribution in [2.75, 3.05) is 19.6 Å². The Balaban J connectivity index is 1.50. The second kappa shape index (κ2) is 8.12. The standard InChI is InChI=1S/C20H25N3O2/c1-15-8-18(12-21-10-15)20(25)22-11-17-5-3-7-23(14-17)13-16-4-2-6-19(24)9-16/h2,4,6,8-10,12,17,24H,3,5,7,11,13-14H2,1H3,(H,22,25). The van der Waals surface area contributed by atoms with Crippen molar-refractivity contribution in [3.8, 4) is 5.75 Å². The van der Waals surface area contributed by atoms with Gasteiger partial charge in [0, 0.05) is 32.0 Å². The van der Waals surface area contributed by atoms with E-state index in [2.05, 4.69) is 15.2 Å². The van der Waals surface area contributed by atoms with E-state index in [1.54, 1.807) is 18.5 Å². The van der Waals surface area contributed by atoms with E-state index in [1.807, 2.05) is 31.2 Å². The third kappa shape index (κ3) is 5.03. The monoisotopic (exact) mass is 339 g/mol. The van der Waals surface area contributed by atoms with Gasteiger partial charge in [0.1, 0.15) is 5.75 Å². The molecule has 1 aliphatic rings. The summed E-state index contributed by atoms with van der Waals surface area (Å²) in [6.45, 7) is 5.47. The molecule has 1 aliphatic heterocycles. The van der Waals surface area contributed by atoms with Gasteiger partial charge >= 0.3 is 0 Å². The van der Waals surface area contributed by atoms with E-state index >= 15 is 0 Å². The lowest BCUT2D eigenvalue weighted by Crippen LogP contribution is -2.40. The quantitative estimate of drug-likeness (QED) is 0.879. The van der Waals surface area contributed by atoms with Gasteiger partial charge in [-0.1, -0.05) is 12.1 Å². The number of hydrogen-bond donors (Lipinski definition) is 2. The Morgan fingerprint density at radius 3 is 3.04 bits per heavy atom. The topological polar surface area (TPSA) is 65.5 Å². The number of amides is 1. The van der Waals surface area contributed by atoms with Crippen LogP contribution in [0, 0.1) is 12.8 Å². The van der Waals surface area contributed by atoms with Crippen molar-refractivity contribution in [3.63, 3.8) is 0 Å². The van der Waals surface area contributed by atoms with Crippen molar-refractivity contribution in [1.29, 1.82) is 0 Å². The number of aromatic nitrogens is 1.